The number of hydrogen-bond donors (Lipinski definition) is 1. The van der Waals surface area contributed by atoms with Crippen molar-refractivity contribution in [1.29, 1.82) is 10.5 Å². The summed E-state index contributed by atoms with van der Waals surface area (Å²) in [5.41, 5.74) is 0.493. The molecule has 0 saturated carbocycles. The number of rotatable bonds is 5. The van der Waals surface area contributed by atoms with Gasteiger partial charge in [0.2, 0.25) is 0 Å². The van der Waals surface area contributed by atoms with Gasteiger partial charge < -0.3 is 14.4 Å². The van der Waals surface area contributed by atoms with Gasteiger partial charge in [-0.1, -0.05) is 12.1 Å². The van der Waals surface area contributed by atoms with Crippen LogP contribution in [0.2, 0.25) is 0 Å². The normalized spacial score (nSPS) is 11.7. The maximum absolute atomic E-state index is 12.0. The molecule has 0 fully saturated rings. The molecule has 1 atom stereocenters. The van der Waals surface area contributed by atoms with Crippen molar-refractivity contribution < 1.29 is 18.6 Å². The highest BCUT2D eigenvalue weighted by atomic mass is 19.3. The zero-order valence-corrected chi connectivity index (χ0v) is 11.1. The predicted molar refractivity (Wildman–Crippen MR) is 69.7 cm³/mol. The van der Waals surface area contributed by atoms with E-state index in [0.717, 1.165) is 0 Å². The molecule has 8 heteroatoms. The number of halogens is 2. The maximum Gasteiger partial charge on any atom is 0.387 e. The summed E-state index contributed by atoms with van der Waals surface area (Å²) in [6.45, 7) is -2.91. The van der Waals surface area contributed by atoms with Gasteiger partial charge in [0.05, 0.1) is 19.0 Å². The van der Waals surface area contributed by atoms with Gasteiger partial charge in [-0.05, 0) is 17.7 Å². The van der Waals surface area contributed by atoms with Crippen molar-refractivity contribution in [3.63, 3.8) is 0 Å². The second kappa shape index (κ2) is 6.66. The third-order valence-corrected chi connectivity index (χ3v) is 2.91. The number of aromatic nitrogens is 2. The standard InChI is InChI=1S/C14H10F2N4O2/c15-14(16)22-10-3-1-9(2-4-10)13(21)7-20-8-19-11(5-17)12(20)6-18/h1-4,8,13-14,21H,7H2. The molecular weight excluding hydrogens is 294 g/mol. The lowest BCUT2D eigenvalue weighted by atomic mass is 10.1. The fourth-order valence-electron chi connectivity index (χ4n) is 1.88. The lowest BCUT2D eigenvalue weighted by Crippen LogP contribution is -2.10. The van der Waals surface area contributed by atoms with E-state index >= 15 is 0 Å². The van der Waals surface area contributed by atoms with Crippen LogP contribution in [0.5, 0.6) is 5.75 Å². The van der Waals surface area contributed by atoms with Crippen LogP contribution in [0.3, 0.4) is 0 Å². The molecule has 0 saturated heterocycles. The molecule has 1 aromatic heterocycles. The summed E-state index contributed by atoms with van der Waals surface area (Å²) in [5.74, 6) is -0.0157. The number of aliphatic hydroxyl groups excluding tert-OH is 1. The minimum atomic E-state index is -2.91. The first-order valence-electron chi connectivity index (χ1n) is 6.13. The Morgan fingerprint density at radius 2 is 1.91 bits per heavy atom. The van der Waals surface area contributed by atoms with E-state index in [2.05, 4.69) is 9.72 Å². The summed E-state index contributed by atoms with van der Waals surface area (Å²) in [6.07, 6.45) is 0.294. The van der Waals surface area contributed by atoms with E-state index in [1.165, 1.54) is 35.2 Å². The minimum absolute atomic E-state index is 0.00657. The Balaban J connectivity index is 2.13. The van der Waals surface area contributed by atoms with Crippen LogP contribution in [0, 0.1) is 22.7 Å². The van der Waals surface area contributed by atoms with Gasteiger partial charge in [0, 0.05) is 0 Å². The zero-order valence-electron chi connectivity index (χ0n) is 11.1. The third kappa shape index (κ3) is 3.37. The third-order valence-electron chi connectivity index (χ3n) is 2.91. The summed E-state index contributed by atoms with van der Waals surface area (Å²) in [4.78, 5) is 3.76. The molecule has 1 aromatic carbocycles. The number of aliphatic hydroxyl groups is 1. The Morgan fingerprint density at radius 3 is 2.45 bits per heavy atom. The maximum atomic E-state index is 12.0. The van der Waals surface area contributed by atoms with Crippen molar-refractivity contribution in [2.75, 3.05) is 0 Å². The van der Waals surface area contributed by atoms with E-state index in [9.17, 15) is 13.9 Å². The Kier molecular flexibility index (Phi) is 4.66. The second-order valence-electron chi connectivity index (χ2n) is 4.28. The molecule has 1 N–H and O–H groups in total. The first-order chi connectivity index (χ1) is 10.5. The molecule has 0 aliphatic heterocycles. The number of hydrogen-bond acceptors (Lipinski definition) is 5. The molecule has 0 bridgehead atoms. The molecule has 0 amide bonds. The molecule has 0 aliphatic carbocycles. The van der Waals surface area contributed by atoms with Crippen LogP contribution < -0.4 is 4.74 Å². The van der Waals surface area contributed by atoms with Crippen molar-refractivity contribution in [3.05, 3.63) is 47.5 Å². The van der Waals surface area contributed by atoms with Gasteiger partial charge in [-0.2, -0.15) is 19.3 Å². The van der Waals surface area contributed by atoms with E-state index in [-0.39, 0.29) is 23.7 Å². The topological polar surface area (TPSA) is 94.9 Å². The van der Waals surface area contributed by atoms with E-state index in [4.69, 9.17) is 10.5 Å². The number of ether oxygens (including phenoxy) is 1. The monoisotopic (exact) mass is 304 g/mol. The van der Waals surface area contributed by atoms with Crippen molar-refractivity contribution >= 4 is 0 Å². The highest BCUT2D eigenvalue weighted by Gasteiger charge is 2.15. The Hall–Kier alpha value is -2.97. The van der Waals surface area contributed by atoms with Crippen LogP contribution in [0.4, 0.5) is 8.78 Å². The number of nitrogens with zero attached hydrogens (tertiary/aromatic N) is 4. The van der Waals surface area contributed by atoms with Gasteiger partial charge in [0.15, 0.2) is 11.4 Å². The van der Waals surface area contributed by atoms with Gasteiger partial charge in [-0.3, -0.25) is 0 Å². The molecule has 0 aliphatic rings. The number of imidazole rings is 1. The molecule has 6 nitrogen and oxygen atoms in total. The quantitative estimate of drug-likeness (QED) is 0.911. The van der Waals surface area contributed by atoms with Crippen LogP contribution in [-0.2, 0) is 6.54 Å². The van der Waals surface area contributed by atoms with E-state index in [1.54, 1.807) is 6.07 Å². The fourth-order valence-corrected chi connectivity index (χ4v) is 1.88. The van der Waals surface area contributed by atoms with Gasteiger partial charge in [-0.15, -0.1) is 0 Å². The molecular formula is C14H10F2N4O2. The van der Waals surface area contributed by atoms with Crippen molar-refractivity contribution in [2.24, 2.45) is 0 Å². The number of alkyl halides is 2. The first kappa shape index (κ1) is 15.4. The fraction of sp³-hybridized carbons (Fsp3) is 0.214. The van der Waals surface area contributed by atoms with Crippen LogP contribution in [0.1, 0.15) is 23.1 Å². The Bertz CT molecular complexity index is 729. The molecule has 2 rings (SSSR count). The second-order valence-corrected chi connectivity index (χ2v) is 4.28. The van der Waals surface area contributed by atoms with Crippen molar-refractivity contribution in [1.82, 2.24) is 9.55 Å². The zero-order chi connectivity index (χ0) is 16.1. The van der Waals surface area contributed by atoms with Crippen LogP contribution >= 0.6 is 0 Å². The summed E-state index contributed by atoms with van der Waals surface area (Å²) in [7, 11) is 0. The largest absolute Gasteiger partial charge is 0.435 e. The first-order valence-corrected chi connectivity index (χ1v) is 6.13. The smallest absolute Gasteiger partial charge is 0.387 e. The summed E-state index contributed by atoms with van der Waals surface area (Å²) < 4.78 is 29.7. The van der Waals surface area contributed by atoms with Crippen LogP contribution in [0.25, 0.3) is 0 Å². The molecule has 0 radical (unpaired) electrons. The highest BCUT2D eigenvalue weighted by Crippen LogP contribution is 2.21. The van der Waals surface area contributed by atoms with Gasteiger partial charge in [0.1, 0.15) is 17.9 Å². The predicted octanol–water partition coefficient (Wildman–Crippen LogP) is 1.96. The van der Waals surface area contributed by atoms with Crippen LogP contribution in [-0.4, -0.2) is 21.3 Å². The lowest BCUT2D eigenvalue weighted by molar-refractivity contribution is -0.0498. The summed E-state index contributed by atoms with van der Waals surface area (Å²) in [5, 5.41) is 27.9. The molecule has 1 unspecified atom stereocenters. The van der Waals surface area contributed by atoms with Gasteiger partial charge in [-0.25, -0.2) is 4.98 Å². The molecule has 1 heterocycles. The SMILES string of the molecule is N#Cc1ncn(CC(O)c2ccc(OC(F)F)cc2)c1C#N. The molecule has 22 heavy (non-hydrogen) atoms. The summed E-state index contributed by atoms with van der Waals surface area (Å²) >= 11 is 0. The molecule has 0 spiro atoms. The number of benzene rings is 1. The van der Waals surface area contributed by atoms with Crippen molar-refractivity contribution in [3.8, 4) is 17.9 Å². The number of nitriles is 2. The lowest BCUT2D eigenvalue weighted by Gasteiger charge is -2.13. The average Bonchev–Trinajstić information content (AvgIpc) is 2.89. The van der Waals surface area contributed by atoms with Crippen LogP contribution in [0.15, 0.2) is 30.6 Å². The highest BCUT2D eigenvalue weighted by molar-refractivity contribution is 5.36. The van der Waals surface area contributed by atoms with Gasteiger partial charge >= 0.3 is 6.61 Å². The van der Waals surface area contributed by atoms with Gasteiger partial charge in [0.25, 0.3) is 0 Å². The Labute approximate surface area is 124 Å². The minimum Gasteiger partial charge on any atom is -0.435 e. The Morgan fingerprint density at radius 1 is 1.23 bits per heavy atom. The average molecular weight is 304 g/mol. The molecule has 2 aromatic rings. The summed E-state index contributed by atoms with van der Waals surface area (Å²) in [6, 6.07) is 9.13. The van der Waals surface area contributed by atoms with Crippen molar-refractivity contribution in [2.45, 2.75) is 19.3 Å². The van der Waals surface area contributed by atoms with E-state index in [1.807, 2.05) is 6.07 Å². The van der Waals surface area contributed by atoms with E-state index < -0.39 is 12.7 Å². The molecule has 112 valence electrons. The van der Waals surface area contributed by atoms with E-state index in [0.29, 0.717) is 5.56 Å².